The van der Waals surface area contributed by atoms with Crippen LogP contribution in [-0.4, -0.2) is 23.6 Å². The minimum Gasteiger partial charge on any atom is -0.314 e. The minimum absolute atomic E-state index is 0.426. The van der Waals surface area contributed by atoms with Crippen molar-refractivity contribution in [2.75, 3.05) is 6.54 Å². The lowest BCUT2D eigenvalue weighted by Gasteiger charge is -2.29. The molecule has 1 saturated heterocycles. The molecule has 3 nitrogen and oxygen atoms in total. The average Bonchev–Trinajstić information content (AvgIpc) is 3.10. The van der Waals surface area contributed by atoms with Crippen molar-refractivity contribution in [3.63, 3.8) is 0 Å². The highest BCUT2D eigenvalue weighted by Crippen LogP contribution is 2.33. The van der Waals surface area contributed by atoms with E-state index < -0.39 is 0 Å². The highest BCUT2D eigenvalue weighted by molar-refractivity contribution is 5.14. The van der Waals surface area contributed by atoms with E-state index in [4.69, 9.17) is 0 Å². The summed E-state index contributed by atoms with van der Waals surface area (Å²) in [4.78, 5) is 4.10. The van der Waals surface area contributed by atoms with Gasteiger partial charge in [0.15, 0.2) is 0 Å². The van der Waals surface area contributed by atoms with Gasteiger partial charge in [0, 0.05) is 30.5 Å². The molecule has 1 aliphatic carbocycles. The number of hydrogen-bond acceptors (Lipinski definition) is 3. The SMILES string of the molecule is C[C@@H](NC1CCCC1C1CCCN1)c1ccncc1. The quantitative estimate of drug-likeness (QED) is 0.873. The molecule has 0 spiro atoms. The van der Waals surface area contributed by atoms with Crippen molar-refractivity contribution in [3.8, 4) is 0 Å². The summed E-state index contributed by atoms with van der Waals surface area (Å²) < 4.78 is 0. The van der Waals surface area contributed by atoms with Crippen molar-refractivity contribution < 1.29 is 0 Å². The Balaban J connectivity index is 1.62. The van der Waals surface area contributed by atoms with Gasteiger partial charge in [0.25, 0.3) is 0 Å². The predicted molar refractivity (Wildman–Crippen MR) is 77.9 cm³/mol. The highest BCUT2D eigenvalue weighted by atomic mass is 15.0. The molecular weight excluding hydrogens is 234 g/mol. The van der Waals surface area contributed by atoms with Gasteiger partial charge in [-0.05, 0) is 62.8 Å². The molecule has 0 aromatic carbocycles. The standard InChI is InChI=1S/C16H25N3/c1-12(13-7-10-17-11-8-13)19-16-5-2-4-14(16)15-6-3-9-18-15/h7-8,10-12,14-16,18-19H,2-6,9H2,1H3/t12-,14?,15?,16?/m1/s1. The lowest BCUT2D eigenvalue weighted by molar-refractivity contribution is 0.303. The second kappa shape index (κ2) is 6.02. The summed E-state index contributed by atoms with van der Waals surface area (Å²) in [5.74, 6) is 0.826. The van der Waals surface area contributed by atoms with Gasteiger partial charge in [0.2, 0.25) is 0 Å². The van der Waals surface area contributed by atoms with Gasteiger partial charge >= 0.3 is 0 Å². The van der Waals surface area contributed by atoms with Crippen LogP contribution < -0.4 is 10.6 Å². The van der Waals surface area contributed by atoms with E-state index in [-0.39, 0.29) is 0 Å². The Bertz CT molecular complexity index is 386. The monoisotopic (exact) mass is 259 g/mol. The average molecular weight is 259 g/mol. The van der Waals surface area contributed by atoms with Crippen molar-refractivity contribution in [3.05, 3.63) is 30.1 Å². The van der Waals surface area contributed by atoms with Gasteiger partial charge in [-0.3, -0.25) is 4.98 Å². The zero-order valence-electron chi connectivity index (χ0n) is 11.8. The molecule has 1 aromatic rings. The van der Waals surface area contributed by atoms with Crippen LogP contribution in [0.1, 0.15) is 50.6 Å². The first-order valence-electron chi connectivity index (χ1n) is 7.74. The van der Waals surface area contributed by atoms with Crippen LogP contribution in [0.3, 0.4) is 0 Å². The molecule has 19 heavy (non-hydrogen) atoms. The van der Waals surface area contributed by atoms with Crippen LogP contribution in [-0.2, 0) is 0 Å². The molecule has 0 amide bonds. The summed E-state index contributed by atoms with van der Waals surface area (Å²) in [6.07, 6.45) is 10.6. The van der Waals surface area contributed by atoms with E-state index in [0.717, 1.165) is 12.0 Å². The first kappa shape index (κ1) is 13.1. The molecule has 1 aliphatic heterocycles. The lowest BCUT2D eigenvalue weighted by atomic mass is 9.92. The van der Waals surface area contributed by atoms with Gasteiger partial charge in [-0.15, -0.1) is 0 Å². The summed E-state index contributed by atoms with van der Waals surface area (Å²) in [5, 5.41) is 7.55. The van der Waals surface area contributed by atoms with Crippen molar-refractivity contribution in [1.82, 2.24) is 15.6 Å². The predicted octanol–water partition coefficient (Wildman–Crippen LogP) is 2.65. The van der Waals surface area contributed by atoms with Crippen LogP contribution in [0.25, 0.3) is 0 Å². The van der Waals surface area contributed by atoms with Gasteiger partial charge < -0.3 is 10.6 Å². The Morgan fingerprint density at radius 3 is 2.79 bits per heavy atom. The van der Waals surface area contributed by atoms with Crippen LogP contribution in [0.2, 0.25) is 0 Å². The number of hydrogen-bond donors (Lipinski definition) is 2. The van der Waals surface area contributed by atoms with Crippen molar-refractivity contribution >= 4 is 0 Å². The minimum atomic E-state index is 0.426. The van der Waals surface area contributed by atoms with Crippen LogP contribution in [0, 0.1) is 5.92 Å². The Labute approximate surface area is 116 Å². The maximum absolute atomic E-state index is 4.10. The smallest absolute Gasteiger partial charge is 0.0295 e. The maximum Gasteiger partial charge on any atom is 0.0295 e. The van der Waals surface area contributed by atoms with Crippen molar-refractivity contribution in [2.45, 2.75) is 57.2 Å². The second-order valence-corrected chi connectivity index (χ2v) is 6.07. The van der Waals surface area contributed by atoms with E-state index in [1.54, 1.807) is 0 Å². The fraction of sp³-hybridized carbons (Fsp3) is 0.688. The van der Waals surface area contributed by atoms with Crippen molar-refractivity contribution in [1.29, 1.82) is 0 Å². The third-order valence-electron chi connectivity index (χ3n) is 4.85. The van der Waals surface area contributed by atoms with Crippen LogP contribution in [0.15, 0.2) is 24.5 Å². The number of aromatic nitrogens is 1. The molecular formula is C16H25N3. The molecule has 3 unspecified atom stereocenters. The van der Waals surface area contributed by atoms with E-state index >= 15 is 0 Å². The molecule has 2 fully saturated rings. The molecule has 0 bridgehead atoms. The summed E-state index contributed by atoms with van der Waals surface area (Å²) >= 11 is 0. The number of rotatable bonds is 4. The van der Waals surface area contributed by atoms with E-state index in [9.17, 15) is 0 Å². The normalized spacial score (nSPS) is 32.6. The Kier molecular flexibility index (Phi) is 4.14. The fourth-order valence-electron chi connectivity index (χ4n) is 3.82. The first-order chi connectivity index (χ1) is 9.34. The van der Waals surface area contributed by atoms with Gasteiger partial charge in [0.05, 0.1) is 0 Å². The topological polar surface area (TPSA) is 37.0 Å². The molecule has 104 valence electrons. The molecule has 4 atom stereocenters. The van der Waals surface area contributed by atoms with Crippen LogP contribution in [0.4, 0.5) is 0 Å². The molecule has 2 heterocycles. The lowest BCUT2D eigenvalue weighted by Crippen LogP contribution is -2.42. The zero-order valence-corrected chi connectivity index (χ0v) is 11.8. The number of nitrogens with zero attached hydrogens (tertiary/aromatic N) is 1. The van der Waals surface area contributed by atoms with Crippen molar-refractivity contribution in [2.24, 2.45) is 5.92 Å². The molecule has 3 heteroatoms. The van der Waals surface area contributed by atoms with Gasteiger partial charge in [-0.2, -0.15) is 0 Å². The molecule has 0 radical (unpaired) electrons. The van der Waals surface area contributed by atoms with E-state index in [0.29, 0.717) is 12.1 Å². The Morgan fingerprint density at radius 1 is 1.21 bits per heavy atom. The van der Waals surface area contributed by atoms with E-state index in [1.165, 1.54) is 44.2 Å². The Hall–Kier alpha value is -0.930. The fourth-order valence-corrected chi connectivity index (χ4v) is 3.82. The number of nitrogens with one attached hydrogen (secondary N) is 2. The summed E-state index contributed by atoms with van der Waals surface area (Å²) in [6.45, 7) is 3.49. The molecule has 2 N–H and O–H groups in total. The molecule has 2 aliphatic rings. The largest absolute Gasteiger partial charge is 0.314 e. The highest BCUT2D eigenvalue weighted by Gasteiger charge is 2.35. The van der Waals surface area contributed by atoms with E-state index in [1.807, 2.05) is 12.4 Å². The van der Waals surface area contributed by atoms with Crippen LogP contribution >= 0.6 is 0 Å². The molecule has 1 aromatic heterocycles. The van der Waals surface area contributed by atoms with Gasteiger partial charge in [-0.25, -0.2) is 0 Å². The maximum atomic E-state index is 4.10. The molecule has 1 saturated carbocycles. The van der Waals surface area contributed by atoms with E-state index in [2.05, 4.69) is 34.7 Å². The summed E-state index contributed by atoms with van der Waals surface area (Å²) in [5.41, 5.74) is 1.35. The van der Waals surface area contributed by atoms with Gasteiger partial charge in [0.1, 0.15) is 0 Å². The zero-order chi connectivity index (χ0) is 13.1. The first-order valence-corrected chi connectivity index (χ1v) is 7.74. The molecule has 3 rings (SSSR count). The summed E-state index contributed by atoms with van der Waals surface area (Å²) in [6, 6.07) is 6.10. The Morgan fingerprint density at radius 2 is 2.05 bits per heavy atom. The third kappa shape index (κ3) is 2.98. The van der Waals surface area contributed by atoms with Gasteiger partial charge in [-0.1, -0.05) is 6.42 Å². The number of pyridine rings is 1. The van der Waals surface area contributed by atoms with Crippen LogP contribution in [0.5, 0.6) is 0 Å². The third-order valence-corrected chi connectivity index (χ3v) is 4.85. The second-order valence-electron chi connectivity index (χ2n) is 6.07. The summed E-state index contributed by atoms with van der Waals surface area (Å²) in [7, 11) is 0.